The Kier molecular flexibility index (Phi) is 5.75. The molecular formula is C17H21BrN2OS. The summed E-state index contributed by atoms with van der Waals surface area (Å²) in [7, 11) is 1.84. The molecule has 1 aromatic carbocycles. The minimum atomic E-state index is -0.0151. The van der Waals surface area contributed by atoms with Crippen LogP contribution in [0.25, 0.3) is 0 Å². The van der Waals surface area contributed by atoms with Gasteiger partial charge >= 0.3 is 0 Å². The summed E-state index contributed by atoms with van der Waals surface area (Å²) in [4.78, 5) is 18.5. The van der Waals surface area contributed by atoms with E-state index in [0.717, 1.165) is 14.4 Å². The monoisotopic (exact) mass is 380 g/mol. The van der Waals surface area contributed by atoms with Crippen LogP contribution < -0.4 is 0 Å². The van der Waals surface area contributed by atoms with E-state index in [9.17, 15) is 4.79 Å². The molecule has 0 saturated heterocycles. The van der Waals surface area contributed by atoms with Crippen LogP contribution in [0.4, 0.5) is 0 Å². The molecule has 0 bridgehead atoms. The summed E-state index contributed by atoms with van der Waals surface area (Å²) in [5.74, 6) is 0.618. The lowest BCUT2D eigenvalue weighted by Gasteiger charge is -2.23. The zero-order chi connectivity index (χ0) is 16.3. The first-order valence-corrected chi connectivity index (χ1v) is 8.95. The summed E-state index contributed by atoms with van der Waals surface area (Å²) < 4.78 is 0.986. The molecule has 2 rings (SSSR count). The predicted molar refractivity (Wildman–Crippen MR) is 95.2 cm³/mol. The van der Waals surface area contributed by atoms with Crippen LogP contribution in [0, 0.1) is 0 Å². The van der Waals surface area contributed by atoms with Crippen LogP contribution in [0.3, 0.4) is 0 Å². The van der Waals surface area contributed by atoms with Gasteiger partial charge in [-0.3, -0.25) is 4.79 Å². The van der Waals surface area contributed by atoms with Crippen molar-refractivity contribution in [1.29, 1.82) is 0 Å². The molecule has 0 aliphatic rings. The third-order valence-electron chi connectivity index (χ3n) is 3.83. The lowest BCUT2D eigenvalue weighted by molar-refractivity contribution is -0.131. The first-order chi connectivity index (χ1) is 10.4. The Morgan fingerprint density at radius 3 is 2.41 bits per heavy atom. The van der Waals surface area contributed by atoms with Crippen molar-refractivity contribution in [3.8, 4) is 0 Å². The number of aromatic nitrogens is 1. The zero-order valence-electron chi connectivity index (χ0n) is 13.3. The number of halogens is 1. The van der Waals surface area contributed by atoms with Gasteiger partial charge in [-0.2, -0.15) is 0 Å². The Balaban J connectivity index is 2.01. The smallest absolute Gasteiger partial charge is 0.227 e. The highest BCUT2D eigenvalue weighted by atomic mass is 79.9. The van der Waals surface area contributed by atoms with Gasteiger partial charge in [-0.15, -0.1) is 11.3 Å². The summed E-state index contributed by atoms with van der Waals surface area (Å²) >= 11 is 4.98. The van der Waals surface area contributed by atoms with E-state index in [1.807, 2.05) is 26.1 Å². The summed E-state index contributed by atoms with van der Waals surface area (Å²) in [6.07, 6.45) is 2.20. The van der Waals surface area contributed by atoms with Crippen molar-refractivity contribution in [2.24, 2.45) is 0 Å². The van der Waals surface area contributed by atoms with Gasteiger partial charge in [0.25, 0.3) is 0 Å². The number of hydrogen-bond acceptors (Lipinski definition) is 3. The van der Waals surface area contributed by atoms with E-state index in [1.165, 1.54) is 5.56 Å². The number of carbonyl (C=O) groups is 1. The molecule has 0 radical (unpaired) electrons. The van der Waals surface area contributed by atoms with E-state index in [1.54, 1.807) is 22.4 Å². The maximum Gasteiger partial charge on any atom is 0.227 e. The fraction of sp³-hybridized carbons (Fsp3) is 0.412. The second-order valence-electron chi connectivity index (χ2n) is 5.76. The third-order valence-corrected chi connectivity index (χ3v) is 5.48. The summed E-state index contributed by atoms with van der Waals surface area (Å²) in [5.41, 5.74) is 2.35. The molecule has 0 aliphatic carbocycles. The molecule has 22 heavy (non-hydrogen) atoms. The van der Waals surface area contributed by atoms with Gasteiger partial charge in [0.1, 0.15) is 5.01 Å². The molecule has 118 valence electrons. The maximum absolute atomic E-state index is 12.4. The van der Waals surface area contributed by atoms with E-state index in [0.29, 0.717) is 12.3 Å². The van der Waals surface area contributed by atoms with Gasteiger partial charge in [0.05, 0.1) is 22.4 Å². The predicted octanol–water partition coefficient (Wildman–Crippen LogP) is 4.79. The average molecular weight is 381 g/mol. The van der Waals surface area contributed by atoms with Crippen molar-refractivity contribution in [3.05, 3.63) is 50.4 Å². The molecule has 0 saturated carbocycles. The molecule has 0 fully saturated rings. The first kappa shape index (κ1) is 17.2. The van der Waals surface area contributed by atoms with Gasteiger partial charge in [-0.05, 0) is 39.9 Å². The molecule has 5 heteroatoms. The van der Waals surface area contributed by atoms with Gasteiger partial charge in [-0.1, -0.05) is 38.1 Å². The van der Waals surface area contributed by atoms with E-state index in [2.05, 4.69) is 46.9 Å². The fourth-order valence-electron chi connectivity index (χ4n) is 2.16. The number of carbonyl (C=O) groups excluding carboxylic acids is 1. The quantitative estimate of drug-likeness (QED) is 0.746. The Labute approximate surface area is 144 Å². The zero-order valence-corrected chi connectivity index (χ0v) is 15.7. The molecule has 1 aromatic heterocycles. The molecule has 2 aromatic rings. The van der Waals surface area contributed by atoms with Gasteiger partial charge < -0.3 is 4.90 Å². The first-order valence-electron chi connectivity index (χ1n) is 7.34. The van der Waals surface area contributed by atoms with Crippen LogP contribution in [0.15, 0.2) is 34.2 Å². The van der Waals surface area contributed by atoms with E-state index >= 15 is 0 Å². The molecule has 0 aliphatic heterocycles. The number of rotatable bonds is 5. The van der Waals surface area contributed by atoms with Crippen molar-refractivity contribution in [3.63, 3.8) is 0 Å². The van der Waals surface area contributed by atoms with E-state index in [-0.39, 0.29) is 11.9 Å². The minimum absolute atomic E-state index is 0.0151. The van der Waals surface area contributed by atoms with E-state index < -0.39 is 0 Å². The van der Waals surface area contributed by atoms with Crippen molar-refractivity contribution < 1.29 is 4.79 Å². The van der Waals surface area contributed by atoms with Gasteiger partial charge in [0, 0.05) is 7.05 Å². The second kappa shape index (κ2) is 7.38. The lowest BCUT2D eigenvalue weighted by atomic mass is 10.0. The summed E-state index contributed by atoms with van der Waals surface area (Å²) in [6.45, 7) is 6.34. The SMILES string of the molecule is CC(C)c1ccc(CC(=O)N(C)C(C)c2ncc(Br)s2)cc1. The second-order valence-corrected chi connectivity index (χ2v) is 8.20. The Morgan fingerprint density at radius 1 is 1.27 bits per heavy atom. The van der Waals surface area contributed by atoms with E-state index in [4.69, 9.17) is 0 Å². The highest BCUT2D eigenvalue weighted by molar-refractivity contribution is 9.11. The average Bonchev–Trinajstić information content (AvgIpc) is 2.92. The van der Waals surface area contributed by atoms with Crippen LogP contribution in [0.5, 0.6) is 0 Å². The summed E-state index contributed by atoms with van der Waals surface area (Å²) in [5, 5.41) is 0.942. The number of nitrogens with zero attached hydrogens (tertiary/aromatic N) is 2. The largest absolute Gasteiger partial charge is 0.336 e. The number of likely N-dealkylation sites (N-methyl/N-ethyl adjacent to an activating group) is 1. The topological polar surface area (TPSA) is 33.2 Å². The Morgan fingerprint density at radius 2 is 1.91 bits per heavy atom. The van der Waals surface area contributed by atoms with Crippen LogP contribution in [-0.4, -0.2) is 22.8 Å². The van der Waals surface area contributed by atoms with Gasteiger partial charge in [0.2, 0.25) is 5.91 Å². The van der Waals surface area contributed by atoms with Gasteiger partial charge in [0.15, 0.2) is 0 Å². The number of amides is 1. The standard InChI is InChI=1S/C17H21BrN2OS/c1-11(2)14-7-5-13(6-8-14)9-16(21)20(4)12(3)17-19-10-15(18)22-17/h5-8,10-12H,9H2,1-4H3. The van der Waals surface area contributed by atoms with Crippen LogP contribution in [-0.2, 0) is 11.2 Å². The molecule has 1 atom stereocenters. The van der Waals surface area contributed by atoms with Crippen molar-refractivity contribution >= 4 is 33.2 Å². The number of thiazole rings is 1. The molecule has 1 heterocycles. The highest BCUT2D eigenvalue weighted by Gasteiger charge is 2.20. The molecule has 3 nitrogen and oxygen atoms in total. The molecular weight excluding hydrogens is 360 g/mol. The van der Waals surface area contributed by atoms with Crippen LogP contribution in [0.2, 0.25) is 0 Å². The Bertz CT molecular complexity index is 636. The lowest BCUT2D eigenvalue weighted by Crippen LogP contribution is -2.30. The van der Waals surface area contributed by atoms with Crippen molar-refractivity contribution in [1.82, 2.24) is 9.88 Å². The molecule has 1 unspecified atom stereocenters. The molecule has 1 amide bonds. The van der Waals surface area contributed by atoms with Gasteiger partial charge in [-0.25, -0.2) is 4.98 Å². The number of benzene rings is 1. The Hall–Kier alpha value is -1.20. The third kappa shape index (κ3) is 4.17. The van der Waals surface area contributed by atoms with Crippen molar-refractivity contribution in [2.75, 3.05) is 7.05 Å². The fourth-order valence-corrected chi connectivity index (χ4v) is 3.50. The maximum atomic E-state index is 12.4. The number of hydrogen-bond donors (Lipinski definition) is 0. The molecule has 0 spiro atoms. The van der Waals surface area contributed by atoms with Crippen LogP contribution >= 0.6 is 27.3 Å². The molecule has 0 N–H and O–H groups in total. The summed E-state index contributed by atoms with van der Waals surface area (Å²) in [6, 6.07) is 8.29. The van der Waals surface area contributed by atoms with Crippen LogP contribution in [0.1, 0.15) is 48.9 Å². The normalized spacial score (nSPS) is 12.5. The van der Waals surface area contributed by atoms with Crippen molar-refractivity contribution in [2.45, 2.75) is 39.2 Å². The highest BCUT2D eigenvalue weighted by Crippen LogP contribution is 2.27. The minimum Gasteiger partial charge on any atom is -0.336 e.